The van der Waals surface area contributed by atoms with Gasteiger partial charge in [0.1, 0.15) is 0 Å². The number of carbonyl (C=O) groups is 2. The summed E-state index contributed by atoms with van der Waals surface area (Å²) in [5.41, 5.74) is 0.568. The first-order valence-corrected chi connectivity index (χ1v) is 9.90. The van der Waals surface area contributed by atoms with Crippen LogP contribution in [0.2, 0.25) is 0 Å². The largest absolute Gasteiger partial charge is 0.466 e. The number of aromatic amines is 1. The van der Waals surface area contributed by atoms with Crippen LogP contribution in [0.1, 0.15) is 29.4 Å². The van der Waals surface area contributed by atoms with Crippen molar-refractivity contribution in [2.24, 2.45) is 5.92 Å². The monoisotopic (exact) mass is 384 g/mol. The summed E-state index contributed by atoms with van der Waals surface area (Å²) in [6.07, 6.45) is 1.50. The molecule has 3 heterocycles. The number of esters is 1. The summed E-state index contributed by atoms with van der Waals surface area (Å²) in [5.74, 6) is -0.649. The number of piperidine rings is 1. The number of benzene rings is 1. The van der Waals surface area contributed by atoms with Crippen molar-refractivity contribution in [3.8, 4) is 0 Å². The van der Waals surface area contributed by atoms with Gasteiger partial charge in [-0.2, -0.15) is 0 Å². The first kappa shape index (κ1) is 17.7. The highest BCUT2D eigenvalue weighted by molar-refractivity contribution is 7.21. The predicted molar refractivity (Wildman–Crippen MR) is 105 cm³/mol. The second kappa shape index (κ2) is 7.15. The molecule has 27 heavy (non-hydrogen) atoms. The fourth-order valence-electron chi connectivity index (χ4n) is 3.61. The number of H-pyrrole nitrogens is 1. The van der Waals surface area contributed by atoms with Gasteiger partial charge in [-0.3, -0.25) is 14.4 Å². The van der Waals surface area contributed by atoms with Gasteiger partial charge in [-0.25, -0.2) is 0 Å². The molecular formula is C20H20N2O4S. The lowest BCUT2D eigenvalue weighted by Crippen LogP contribution is -2.42. The smallest absolute Gasteiger partial charge is 0.310 e. The van der Waals surface area contributed by atoms with Gasteiger partial charge in [0.05, 0.1) is 22.8 Å². The molecule has 1 aliphatic rings. The van der Waals surface area contributed by atoms with Gasteiger partial charge in [0.15, 0.2) is 0 Å². The van der Waals surface area contributed by atoms with Crippen molar-refractivity contribution < 1.29 is 14.3 Å². The van der Waals surface area contributed by atoms with Crippen LogP contribution in [0.25, 0.3) is 21.0 Å². The maximum atomic E-state index is 13.0. The molecule has 7 heteroatoms. The molecule has 1 amide bonds. The highest BCUT2D eigenvalue weighted by atomic mass is 32.1. The molecule has 3 aromatic rings. The highest BCUT2D eigenvalue weighted by Crippen LogP contribution is 2.31. The topological polar surface area (TPSA) is 79.5 Å². The number of hydrogen-bond acceptors (Lipinski definition) is 5. The number of fused-ring (bicyclic) bond motifs is 3. The standard InChI is InChI=1S/C20H20N2O4S/c1-2-26-20(25)12-6-5-9-22(11-12)19(24)16-10-14-17(27-16)13-7-3-4-8-15(13)21-18(14)23/h3-4,7-8,10,12H,2,5-6,9,11H2,1H3,(H,21,23). The Hall–Kier alpha value is -2.67. The molecule has 0 spiro atoms. The zero-order valence-electron chi connectivity index (χ0n) is 15.0. The second-order valence-corrected chi connectivity index (χ2v) is 7.75. The number of thiophene rings is 1. The second-order valence-electron chi connectivity index (χ2n) is 6.70. The number of hydrogen-bond donors (Lipinski definition) is 1. The number of nitrogens with zero attached hydrogens (tertiary/aromatic N) is 1. The number of amides is 1. The van der Waals surface area contributed by atoms with Gasteiger partial charge in [0, 0.05) is 28.7 Å². The van der Waals surface area contributed by atoms with Crippen molar-refractivity contribution in [2.75, 3.05) is 19.7 Å². The predicted octanol–water partition coefficient (Wildman–Crippen LogP) is 3.16. The zero-order chi connectivity index (χ0) is 19.0. The normalized spacial score (nSPS) is 17.4. The Kier molecular flexibility index (Phi) is 4.70. The summed E-state index contributed by atoms with van der Waals surface area (Å²) in [5, 5.41) is 1.46. The molecule has 1 atom stereocenters. The van der Waals surface area contributed by atoms with Crippen LogP contribution < -0.4 is 5.56 Å². The lowest BCUT2D eigenvalue weighted by Gasteiger charge is -2.31. The van der Waals surface area contributed by atoms with E-state index in [0.29, 0.717) is 30.0 Å². The van der Waals surface area contributed by atoms with Crippen molar-refractivity contribution in [1.82, 2.24) is 9.88 Å². The third-order valence-electron chi connectivity index (χ3n) is 4.94. The molecule has 0 aliphatic carbocycles. The summed E-state index contributed by atoms with van der Waals surface area (Å²) in [6, 6.07) is 9.24. The van der Waals surface area contributed by atoms with E-state index < -0.39 is 0 Å². The minimum Gasteiger partial charge on any atom is -0.466 e. The van der Waals surface area contributed by atoms with Gasteiger partial charge in [-0.05, 0) is 31.9 Å². The Labute approximate surface area is 159 Å². The Morgan fingerprint density at radius 1 is 1.30 bits per heavy atom. The van der Waals surface area contributed by atoms with Crippen LogP contribution in [0.15, 0.2) is 35.1 Å². The number of likely N-dealkylation sites (tertiary alicyclic amines) is 1. The summed E-state index contributed by atoms with van der Waals surface area (Å²) < 4.78 is 5.92. The van der Waals surface area contributed by atoms with Crippen LogP contribution in [-0.4, -0.2) is 41.5 Å². The van der Waals surface area contributed by atoms with Crippen molar-refractivity contribution in [3.05, 3.63) is 45.6 Å². The Morgan fingerprint density at radius 2 is 2.11 bits per heavy atom. The number of rotatable bonds is 3. The molecule has 140 valence electrons. The maximum absolute atomic E-state index is 13.0. The third kappa shape index (κ3) is 3.23. The first-order valence-electron chi connectivity index (χ1n) is 9.09. The van der Waals surface area contributed by atoms with Crippen LogP contribution in [-0.2, 0) is 9.53 Å². The van der Waals surface area contributed by atoms with Gasteiger partial charge in [-0.1, -0.05) is 18.2 Å². The van der Waals surface area contributed by atoms with Crippen molar-refractivity contribution >= 4 is 44.2 Å². The molecule has 6 nitrogen and oxygen atoms in total. The minimum atomic E-state index is -0.277. The van der Waals surface area contributed by atoms with E-state index in [4.69, 9.17) is 4.74 Å². The van der Waals surface area contributed by atoms with Gasteiger partial charge in [-0.15, -0.1) is 11.3 Å². The number of carbonyl (C=O) groups excluding carboxylic acids is 2. The fourth-order valence-corrected chi connectivity index (χ4v) is 4.78. The molecule has 1 aliphatic heterocycles. The number of para-hydroxylation sites is 1. The molecule has 1 fully saturated rings. The van der Waals surface area contributed by atoms with Crippen molar-refractivity contribution in [3.63, 3.8) is 0 Å². The summed E-state index contributed by atoms with van der Waals surface area (Å²) >= 11 is 1.34. The lowest BCUT2D eigenvalue weighted by molar-refractivity contribution is -0.149. The van der Waals surface area contributed by atoms with Gasteiger partial charge >= 0.3 is 5.97 Å². The summed E-state index contributed by atoms with van der Waals surface area (Å²) in [6.45, 7) is 3.10. The van der Waals surface area contributed by atoms with E-state index >= 15 is 0 Å². The molecular weight excluding hydrogens is 364 g/mol. The lowest BCUT2D eigenvalue weighted by atomic mass is 9.98. The molecule has 0 radical (unpaired) electrons. The molecule has 1 unspecified atom stereocenters. The van der Waals surface area contributed by atoms with Crippen molar-refractivity contribution in [2.45, 2.75) is 19.8 Å². The molecule has 2 aromatic heterocycles. The van der Waals surface area contributed by atoms with Gasteiger partial charge < -0.3 is 14.6 Å². The van der Waals surface area contributed by atoms with E-state index in [1.54, 1.807) is 17.9 Å². The number of aromatic nitrogens is 1. The van der Waals surface area contributed by atoms with E-state index in [1.165, 1.54) is 11.3 Å². The highest BCUT2D eigenvalue weighted by Gasteiger charge is 2.30. The Morgan fingerprint density at radius 3 is 2.93 bits per heavy atom. The van der Waals surface area contributed by atoms with Crippen LogP contribution in [0, 0.1) is 5.92 Å². The average molecular weight is 384 g/mol. The van der Waals surface area contributed by atoms with Gasteiger partial charge in [0.25, 0.3) is 11.5 Å². The summed E-state index contributed by atoms with van der Waals surface area (Å²) in [4.78, 5) is 42.5. The van der Waals surface area contributed by atoms with Crippen LogP contribution in [0.5, 0.6) is 0 Å². The summed E-state index contributed by atoms with van der Waals surface area (Å²) in [7, 11) is 0. The number of ether oxygens (including phenoxy) is 1. The van der Waals surface area contributed by atoms with E-state index in [1.807, 2.05) is 24.3 Å². The van der Waals surface area contributed by atoms with E-state index in [2.05, 4.69) is 4.98 Å². The number of pyridine rings is 1. The molecule has 0 saturated carbocycles. The molecule has 1 aromatic carbocycles. The Balaban J connectivity index is 1.67. The molecule has 0 bridgehead atoms. The third-order valence-corrected chi connectivity index (χ3v) is 6.09. The van der Waals surface area contributed by atoms with Crippen LogP contribution >= 0.6 is 11.3 Å². The van der Waals surface area contributed by atoms with Crippen molar-refractivity contribution in [1.29, 1.82) is 0 Å². The Bertz CT molecular complexity index is 1080. The zero-order valence-corrected chi connectivity index (χ0v) is 15.8. The quantitative estimate of drug-likeness (QED) is 0.704. The molecule has 4 rings (SSSR count). The van der Waals surface area contributed by atoms with Crippen LogP contribution in [0.4, 0.5) is 0 Å². The van der Waals surface area contributed by atoms with Gasteiger partial charge in [0.2, 0.25) is 0 Å². The molecule has 1 saturated heterocycles. The first-order chi connectivity index (χ1) is 13.1. The van der Waals surface area contributed by atoms with E-state index in [9.17, 15) is 14.4 Å². The van der Waals surface area contributed by atoms with E-state index in [-0.39, 0.29) is 23.4 Å². The molecule has 1 N–H and O–H groups in total. The maximum Gasteiger partial charge on any atom is 0.310 e. The fraction of sp³-hybridized carbons (Fsp3) is 0.350. The van der Waals surface area contributed by atoms with Crippen LogP contribution in [0.3, 0.4) is 0 Å². The average Bonchev–Trinajstić information content (AvgIpc) is 3.14. The van der Waals surface area contributed by atoms with E-state index in [0.717, 1.165) is 28.4 Å². The SMILES string of the molecule is CCOC(=O)C1CCCN(C(=O)c2cc3c(=O)[nH]c4ccccc4c3s2)C1. The number of nitrogens with one attached hydrogen (secondary N) is 1. The minimum absolute atomic E-state index is 0.131.